The molecule has 0 unspecified atom stereocenters. The Hall–Kier alpha value is -1.61. The van der Waals surface area contributed by atoms with Gasteiger partial charge in [0, 0.05) is 30.7 Å². The van der Waals surface area contributed by atoms with Crippen molar-refractivity contribution in [2.75, 3.05) is 24.5 Å². The van der Waals surface area contributed by atoms with Crippen LogP contribution in [0.2, 0.25) is 0 Å². The van der Waals surface area contributed by atoms with Crippen molar-refractivity contribution in [2.45, 2.75) is 50.9 Å². The van der Waals surface area contributed by atoms with Gasteiger partial charge in [0.2, 0.25) is 5.91 Å². The highest BCUT2D eigenvalue weighted by Gasteiger charge is 2.41. The van der Waals surface area contributed by atoms with Gasteiger partial charge in [0.25, 0.3) is 0 Å². The number of nitriles is 1. The predicted octanol–water partition coefficient (Wildman–Crippen LogP) is 3.35. The molecule has 1 amide bonds. The van der Waals surface area contributed by atoms with Gasteiger partial charge in [0.05, 0.1) is 5.92 Å². The van der Waals surface area contributed by atoms with Gasteiger partial charge in [-0.05, 0) is 37.5 Å². The number of amides is 1. The number of carbonyl (C=O) groups excluding carboxylic acids is 1. The Bertz CT molecular complexity index is 646. The zero-order valence-electron chi connectivity index (χ0n) is 14.0. The number of likely N-dealkylation sites (tertiary alicyclic amines) is 1. The standard InChI is InChI=1S/C18H24N4OS/c19-12-21-8-6-13-7-9-22(17(23)15(13)11-21)18-20-10-16(24-18)14-4-2-1-3-5-14/h10,13-15H,1-9,11H2/t13-,15+/m0/s1. The molecule has 1 aromatic rings. The van der Waals surface area contributed by atoms with Gasteiger partial charge in [0.1, 0.15) is 0 Å². The van der Waals surface area contributed by atoms with E-state index in [-0.39, 0.29) is 11.8 Å². The Morgan fingerprint density at radius 1 is 1.17 bits per heavy atom. The van der Waals surface area contributed by atoms with Crippen molar-refractivity contribution in [1.82, 2.24) is 9.88 Å². The van der Waals surface area contributed by atoms with Crippen LogP contribution < -0.4 is 4.90 Å². The van der Waals surface area contributed by atoms with Crippen LogP contribution in [0.15, 0.2) is 6.20 Å². The number of nitrogens with zero attached hydrogens (tertiary/aromatic N) is 4. The van der Waals surface area contributed by atoms with E-state index in [0.717, 1.165) is 31.1 Å². The summed E-state index contributed by atoms with van der Waals surface area (Å²) in [5, 5.41) is 10.0. The lowest BCUT2D eigenvalue weighted by Gasteiger charge is -2.41. The van der Waals surface area contributed by atoms with Crippen LogP contribution in [0.3, 0.4) is 0 Å². The molecule has 3 aliphatic rings. The smallest absolute Gasteiger partial charge is 0.233 e. The second-order valence-electron chi connectivity index (χ2n) is 7.36. The van der Waals surface area contributed by atoms with Crippen LogP contribution in [0, 0.1) is 23.3 Å². The summed E-state index contributed by atoms with van der Waals surface area (Å²) in [7, 11) is 0. The van der Waals surface area contributed by atoms with E-state index in [1.807, 2.05) is 11.1 Å². The van der Waals surface area contributed by atoms with Crippen LogP contribution in [0.4, 0.5) is 5.13 Å². The fourth-order valence-corrected chi connectivity index (χ4v) is 5.60. The fraction of sp³-hybridized carbons (Fsp3) is 0.722. The van der Waals surface area contributed by atoms with Crippen molar-refractivity contribution in [3.8, 4) is 6.19 Å². The summed E-state index contributed by atoms with van der Waals surface area (Å²) >= 11 is 1.71. The molecule has 24 heavy (non-hydrogen) atoms. The number of rotatable bonds is 2. The summed E-state index contributed by atoms with van der Waals surface area (Å²) in [6.07, 6.45) is 12.7. The van der Waals surface area contributed by atoms with Gasteiger partial charge in [-0.2, -0.15) is 5.26 Å². The molecule has 0 aromatic carbocycles. The van der Waals surface area contributed by atoms with Crippen LogP contribution in [0.5, 0.6) is 0 Å². The first-order valence-electron chi connectivity index (χ1n) is 9.18. The van der Waals surface area contributed by atoms with Crippen molar-refractivity contribution >= 4 is 22.4 Å². The third-order valence-electron chi connectivity index (χ3n) is 5.95. The van der Waals surface area contributed by atoms with Gasteiger partial charge in [-0.1, -0.05) is 19.3 Å². The lowest BCUT2D eigenvalue weighted by molar-refractivity contribution is -0.127. The lowest BCUT2D eigenvalue weighted by Crippen LogP contribution is -2.52. The quantitative estimate of drug-likeness (QED) is 0.772. The summed E-state index contributed by atoms with van der Waals surface area (Å²) < 4.78 is 0. The van der Waals surface area contributed by atoms with Gasteiger partial charge in [-0.15, -0.1) is 11.3 Å². The van der Waals surface area contributed by atoms with Gasteiger partial charge in [-0.3, -0.25) is 9.69 Å². The highest BCUT2D eigenvalue weighted by atomic mass is 32.1. The second-order valence-corrected chi connectivity index (χ2v) is 8.40. The van der Waals surface area contributed by atoms with Gasteiger partial charge < -0.3 is 4.90 Å². The van der Waals surface area contributed by atoms with Crippen molar-refractivity contribution < 1.29 is 4.79 Å². The zero-order valence-corrected chi connectivity index (χ0v) is 14.8. The number of aromatic nitrogens is 1. The molecule has 4 rings (SSSR count). The summed E-state index contributed by atoms with van der Waals surface area (Å²) in [4.78, 5) is 22.5. The van der Waals surface area contributed by atoms with E-state index in [0.29, 0.717) is 18.4 Å². The molecule has 0 bridgehead atoms. The maximum absolute atomic E-state index is 13.0. The van der Waals surface area contributed by atoms with E-state index in [9.17, 15) is 4.79 Å². The number of carbonyl (C=O) groups is 1. The third-order valence-corrected chi connectivity index (χ3v) is 7.14. The van der Waals surface area contributed by atoms with Crippen LogP contribution in [0.25, 0.3) is 0 Å². The summed E-state index contributed by atoms with van der Waals surface area (Å²) in [5.74, 6) is 1.22. The average Bonchev–Trinajstić information content (AvgIpc) is 3.12. The minimum absolute atomic E-state index is 0.0332. The molecule has 0 N–H and O–H groups in total. The van der Waals surface area contributed by atoms with Crippen LogP contribution >= 0.6 is 11.3 Å². The molecule has 6 heteroatoms. The van der Waals surface area contributed by atoms with Crippen molar-refractivity contribution in [1.29, 1.82) is 5.26 Å². The van der Waals surface area contributed by atoms with E-state index >= 15 is 0 Å². The van der Waals surface area contributed by atoms with Crippen molar-refractivity contribution in [2.24, 2.45) is 11.8 Å². The van der Waals surface area contributed by atoms with Gasteiger partial charge in [0.15, 0.2) is 11.3 Å². The largest absolute Gasteiger partial charge is 0.310 e. The Morgan fingerprint density at radius 2 is 1.96 bits per heavy atom. The average molecular weight is 344 g/mol. The molecular formula is C18H24N4OS. The van der Waals surface area contributed by atoms with Gasteiger partial charge in [-0.25, -0.2) is 4.98 Å². The maximum Gasteiger partial charge on any atom is 0.233 e. The topological polar surface area (TPSA) is 60.2 Å². The second kappa shape index (κ2) is 6.72. The first-order valence-corrected chi connectivity index (χ1v) is 9.99. The Morgan fingerprint density at radius 3 is 2.75 bits per heavy atom. The SMILES string of the molecule is N#CN1CC[C@H]2CCN(c3ncc(C4CCCCC4)s3)C(=O)[C@@H]2C1. The normalized spacial score (nSPS) is 28.5. The van der Waals surface area contributed by atoms with Crippen molar-refractivity contribution in [3.63, 3.8) is 0 Å². The Labute approximate surface area is 147 Å². The molecule has 1 saturated carbocycles. The minimum Gasteiger partial charge on any atom is -0.310 e. The number of hydrogen-bond acceptors (Lipinski definition) is 5. The van der Waals surface area contributed by atoms with Gasteiger partial charge >= 0.3 is 0 Å². The molecular weight excluding hydrogens is 320 g/mol. The third kappa shape index (κ3) is 2.90. The maximum atomic E-state index is 13.0. The first-order chi connectivity index (χ1) is 11.8. The first kappa shape index (κ1) is 15.9. The molecule has 2 aliphatic heterocycles. The predicted molar refractivity (Wildman–Crippen MR) is 93.7 cm³/mol. The summed E-state index contributed by atoms with van der Waals surface area (Å²) in [6, 6.07) is 0. The van der Waals surface area contributed by atoms with Crippen LogP contribution in [-0.2, 0) is 4.79 Å². The summed E-state index contributed by atoms with van der Waals surface area (Å²) in [6.45, 7) is 2.16. The van der Waals surface area contributed by atoms with E-state index in [2.05, 4.69) is 11.2 Å². The van der Waals surface area contributed by atoms with E-state index < -0.39 is 0 Å². The van der Waals surface area contributed by atoms with E-state index in [1.54, 1.807) is 16.2 Å². The van der Waals surface area contributed by atoms with E-state index in [4.69, 9.17) is 5.26 Å². The lowest BCUT2D eigenvalue weighted by atomic mass is 9.80. The molecule has 2 saturated heterocycles. The molecule has 128 valence electrons. The highest BCUT2D eigenvalue weighted by Crippen LogP contribution is 2.40. The van der Waals surface area contributed by atoms with Crippen molar-refractivity contribution in [3.05, 3.63) is 11.1 Å². The van der Waals surface area contributed by atoms with Crippen LogP contribution in [0.1, 0.15) is 55.7 Å². The number of piperidine rings is 2. The fourth-order valence-electron chi connectivity index (χ4n) is 4.49. The van der Waals surface area contributed by atoms with E-state index in [1.165, 1.54) is 37.0 Å². The molecule has 1 aromatic heterocycles. The highest BCUT2D eigenvalue weighted by molar-refractivity contribution is 7.15. The number of hydrogen-bond donors (Lipinski definition) is 0. The number of anilines is 1. The number of thiazole rings is 1. The molecule has 0 radical (unpaired) electrons. The molecule has 0 spiro atoms. The molecule has 1 aliphatic carbocycles. The molecule has 2 atom stereocenters. The molecule has 3 fully saturated rings. The Kier molecular flexibility index (Phi) is 4.45. The molecule has 3 heterocycles. The number of fused-ring (bicyclic) bond motifs is 1. The zero-order chi connectivity index (χ0) is 16.5. The Balaban J connectivity index is 1.49. The summed E-state index contributed by atoms with van der Waals surface area (Å²) in [5.41, 5.74) is 0. The monoisotopic (exact) mass is 344 g/mol. The minimum atomic E-state index is -0.0332. The van der Waals surface area contributed by atoms with Crippen LogP contribution in [-0.4, -0.2) is 35.4 Å². The molecule has 5 nitrogen and oxygen atoms in total.